The van der Waals surface area contributed by atoms with Crippen LogP contribution in [0.4, 0.5) is 5.69 Å². The monoisotopic (exact) mass is 269 g/mol. The van der Waals surface area contributed by atoms with Gasteiger partial charge in [-0.05, 0) is 37.6 Å². The second-order valence-corrected chi connectivity index (χ2v) is 4.68. The van der Waals surface area contributed by atoms with Crippen molar-refractivity contribution in [3.05, 3.63) is 60.2 Å². The second kappa shape index (κ2) is 6.75. The van der Waals surface area contributed by atoms with Crippen LogP contribution in [0.5, 0.6) is 5.75 Å². The molecule has 0 aliphatic rings. The molecule has 2 aromatic carbocycles. The molecule has 0 spiro atoms. The van der Waals surface area contributed by atoms with E-state index in [-0.39, 0.29) is 5.91 Å². The van der Waals surface area contributed by atoms with Gasteiger partial charge in [-0.2, -0.15) is 0 Å². The van der Waals surface area contributed by atoms with Gasteiger partial charge in [0.2, 0.25) is 0 Å². The zero-order valence-electron chi connectivity index (χ0n) is 11.8. The van der Waals surface area contributed by atoms with Crippen LogP contribution < -0.4 is 10.1 Å². The maximum absolute atomic E-state index is 12.2. The number of carbonyl (C=O) groups excluding carboxylic acids is 1. The number of ether oxygens (including phenoxy) is 1. The fraction of sp³-hybridized carbons (Fsp3) is 0.235. The van der Waals surface area contributed by atoms with E-state index in [2.05, 4.69) is 5.32 Å². The van der Waals surface area contributed by atoms with Crippen LogP contribution in [-0.4, -0.2) is 12.0 Å². The molecule has 104 valence electrons. The van der Waals surface area contributed by atoms with Crippen LogP contribution in [0.1, 0.15) is 18.9 Å². The first-order valence-corrected chi connectivity index (χ1v) is 6.78. The molecule has 20 heavy (non-hydrogen) atoms. The van der Waals surface area contributed by atoms with E-state index in [1.807, 2.05) is 68.4 Å². The maximum Gasteiger partial charge on any atom is 0.265 e. The summed E-state index contributed by atoms with van der Waals surface area (Å²) in [5.74, 6) is 0.582. The standard InChI is InChI=1S/C17H19NO2/c1-3-16(20-15-7-5-4-6-8-15)17(19)18-14-11-9-13(2)10-12-14/h4-12,16H,3H2,1-2H3,(H,18,19)/t16-/m1/s1. The van der Waals surface area contributed by atoms with Gasteiger partial charge in [-0.3, -0.25) is 4.79 Å². The Morgan fingerprint density at radius 2 is 1.75 bits per heavy atom. The van der Waals surface area contributed by atoms with Gasteiger partial charge in [0.15, 0.2) is 6.10 Å². The SMILES string of the molecule is CC[C@@H](Oc1ccccc1)C(=O)Nc1ccc(C)cc1. The lowest BCUT2D eigenvalue weighted by molar-refractivity contribution is -0.122. The van der Waals surface area contributed by atoms with Gasteiger partial charge in [0.25, 0.3) is 5.91 Å². The molecule has 0 aromatic heterocycles. The van der Waals surface area contributed by atoms with Gasteiger partial charge < -0.3 is 10.1 Å². The van der Waals surface area contributed by atoms with E-state index in [4.69, 9.17) is 4.74 Å². The van der Waals surface area contributed by atoms with E-state index < -0.39 is 6.10 Å². The minimum atomic E-state index is -0.487. The highest BCUT2D eigenvalue weighted by Crippen LogP contribution is 2.15. The molecule has 2 rings (SSSR count). The van der Waals surface area contributed by atoms with Crippen LogP contribution in [-0.2, 0) is 4.79 Å². The van der Waals surface area contributed by atoms with Crippen molar-refractivity contribution < 1.29 is 9.53 Å². The zero-order chi connectivity index (χ0) is 14.4. The highest BCUT2D eigenvalue weighted by Gasteiger charge is 2.18. The van der Waals surface area contributed by atoms with Gasteiger partial charge in [-0.1, -0.05) is 42.8 Å². The number of rotatable bonds is 5. The molecule has 0 bridgehead atoms. The lowest BCUT2D eigenvalue weighted by Gasteiger charge is -2.17. The first kappa shape index (κ1) is 14.1. The number of anilines is 1. The molecule has 3 heteroatoms. The van der Waals surface area contributed by atoms with Crippen molar-refractivity contribution in [3.8, 4) is 5.75 Å². The topological polar surface area (TPSA) is 38.3 Å². The summed E-state index contributed by atoms with van der Waals surface area (Å²) in [6, 6.07) is 17.1. The van der Waals surface area contributed by atoms with Crippen LogP contribution in [0, 0.1) is 6.92 Å². The maximum atomic E-state index is 12.2. The van der Waals surface area contributed by atoms with Gasteiger partial charge in [-0.25, -0.2) is 0 Å². The molecule has 2 aromatic rings. The van der Waals surface area contributed by atoms with Gasteiger partial charge in [0.1, 0.15) is 5.75 Å². The number of para-hydroxylation sites is 1. The Morgan fingerprint density at radius 3 is 2.35 bits per heavy atom. The third-order valence-electron chi connectivity index (χ3n) is 3.00. The van der Waals surface area contributed by atoms with Crippen LogP contribution >= 0.6 is 0 Å². The molecule has 0 fully saturated rings. The summed E-state index contributed by atoms with van der Waals surface area (Å²) in [4.78, 5) is 12.2. The Hall–Kier alpha value is -2.29. The first-order valence-electron chi connectivity index (χ1n) is 6.78. The summed E-state index contributed by atoms with van der Waals surface area (Å²) in [5, 5.41) is 2.88. The molecular weight excluding hydrogens is 250 g/mol. The third-order valence-corrected chi connectivity index (χ3v) is 3.00. The van der Waals surface area contributed by atoms with Gasteiger partial charge in [0.05, 0.1) is 0 Å². The largest absolute Gasteiger partial charge is 0.481 e. The van der Waals surface area contributed by atoms with Crippen molar-refractivity contribution in [2.45, 2.75) is 26.4 Å². The Kier molecular flexibility index (Phi) is 4.77. The van der Waals surface area contributed by atoms with E-state index in [1.165, 1.54) is 0 Å². The van der Waals surface area contributed by atoms with Crippen LogP contribution in [0.3, 0.4) is 0 Å². The van der Waals surface area contributed by atoms with Crippen molar-refractivity contribution in [1.29, 1.82) is 0 Å². The fourth-order valence-corrected chi connectivity index (χ4v) is 1.85. The second-order valence-electron chi connectivity index (χ2n) is 4.68. The fourth-order valence-electron chi connectivity index (χ4n) is 1.85. The lowest BCUT2D eigenvalue weighted by atomic mass is 10.2. The predicted octanol–water partition coefficient (Wildman–Crippen LogP) is 3.79. The Morgan fingerprint density at radius 1 is 1.10 bits per heavy atom. The summed E-state index contributed by atoms with van der Waals surface area (Å²) < 4.78 is 5.71. The van der Waals surface area contributed by atoms with Crippen molar-refractivity contribution in [1.82, 2.24) is 0 Å². The lowest BCUT2D eigenvalue weighted by Crippen LogP contribution is -2.32. The molecule has 0 saturated carbocycles. The summed E-state index contributed by atoms with van der Waals surface area (Å²) in [6.07, 6.45) is 0.130. The molecular formula is C17H19NO2. The molecule has 0 aliphatic heterocycles. The molecule has 3 nitrogen and oxygen atoms in total. The van der Waals surface area contributed by atoms with E-state index in [0.29, 0.717) is 12.2 Å². The summed E-state index contributed by atoms with van der Waals surface area (Å²) in [6.45, 7) is 3.95. The molecule has 0 heterocycles. The third kappa shape index (κ3) is 3.85. The summed E-state index contributed by atoms with van der Waals surface area (Å²) in [5.41, 5.74) is 1.95. The van der Waals surface area contributed by atoms with E-state index in [1.54, 1.807) is 0 Å². The molecule has 0 saturated heterocycles. The summed E-state index contributed by atoms with van der Waals surface area (Å²) >= 11 is 0. The van der Waals surface area contributed by atoms with Gasteiger partial charge in [0, 0.05) is 5.69 Å². The zero-order valence-corrected chi connectivity index (χ0v) is 11.8. The number of hydrogen-bond donors (Lipinski definition) is 1. The van der Waals surface area contributed by atoms with Crippen molar-refractivity contribution in [3.63, 3.8) is 0 Å². The van der Waals surface area contributed by atoms with Crippen molar-refractivity contribution in [2.75, 3.05) is 5.32 Å². The summed E-state index contributed by atoms with van der Waals surface area (Å²) in [7, 11) is 0. The van der Waals surface area contributed by atoms with Crippen LogP contribution in [0.25, 0.3) is 0 Å². The average molecular weight is 269 g/mol. The quantitative estimate of drug-likeness (QED) is 0.896. The molecule has 1 amide bonds. The Labute approximate surface area is 119 Å². The molecule has 0 aliphatic carbocycles. The minimum Gasteiger partial charge on any atom is -0.481 e. The van der Waals surface area contributed by atoms with E-state index in [9.17, 15) is 4.79 Å². The first-order chi connectivity index (χ1) is 9.69. The number of carbonyl (C=O) groups is 1. The average Bonchev–Trinajstić information content (AvgIpc) is 2.48. The molecule has 0 unspecified atom stereocenters. The van der Waals surface area contributed by atoms with E-state index >= 15 is 0 Å². The Balaban J connectivity index is 2.00. The smallest absolute Gasteiger partial charge is 0.265 e. The minimum absolute atomic E-state index is 0.125. The van der Waals surface area contributed by atoms with Crippen molar-refractivity contribution in [2.24, 2.45) is 0 Å². The normalized spacial score (nSPS) is 11.7. The number of nitrogens with one attached hydrogen (secondary N) is 1. The van der Waals surface area contributed by atoms with Crippen molar-refractivity contribution >= 4 is 11.6 Å². The molecule has 1 N–H and O–H groups in total. The van der Waals surface area contributed by atoms with Gasteiger partial charge in [-0.15, -0.1) is 0 Å². The number of hydrogen-bond acceptors (Lipinski definition) is 2. The predicted molar refractivity (Wildman–Crippen MR) is 81.0 cm³/mol. The number of amides is 1. The molecule has 1 atom stereocenters. The van der Waals surface area contributed by atoms with Crippen LogP contribution in [0.15, 0.2) is 54.6 Å². The number of benzene rings is 2. The highest BCUT2D eigenvalue weighted by atomic mass is 16.5. The number of aryl methyl sites for hydroxylation is 1. The van der Waals surface area contributed by atoms with Crippen LogP contribution in [0.2, 0.25) is 0 Å². The molecule has 0 radical (unpaired) electrons. The highest BCUT2D eigenvalue weighted by molar-refractivity contribution is 5.94. The van der Waals surface area contributed by atoms with Gasteiger partial charge >= 0.3 is 0 Å². The van der Waals surface area contributed by atoms with E-state index in [0.717, 1.165) is 11.3 Å². The Bertz CT molecular complexity index is 549.